The highest BCUT2D eigenvalue weighted by molar-refractivity contribution is 5.95. The third kappa shape index (κ3) is 3.74. The predicted octanol–water partition coefficient (Wildman–Crippen LogP) is 4.52. The Labute approximate surface area is 165 Å². The van der Waals surface area contributed by atoms with Gasteiger partial charge in [0.1, 0.15) is 0 Å². The van der Waals surface area contributed by atoms with E-state index in [0.29, 0.717) is 11.9 Å². The van der Waals surface area contributed by atoms with E-state index in [0.717, 1.165) is 28.7 Å². The van der Waals surface area contributed by atoms with Crippen LogP contribution >= 0.6 is 0 Å². The van der Waals surface area contributed by atoms with Gasteiger partial charge in [-0.15, -0.1) is 0 Å². The molecule has 2 aromatic carbocycles. The Hall–Kier alpha value is -3.21. The van der Waals surface area contributed by atoms with Gasteiger partial charge in [-0.3, -0.25) is 5.32 Å². The second-order valence-corrected chi connectivity index (χ2v) is 7.37. The Morgan fingerprint density at radius 3 is 2.54 bits per heavy atom. The van der Waals surface area contributed by atoms with Crippen LogP contribution in [-0.4, -0.2) is 22.0 Å². The summed E-state index contributed by atoms with van der Waals surface area (Å²) in [7, 11) is 0. The van der Waals surface area contributed by atoms with Crippen molar-refractivity contribution in [1.29, 1.82) is 0 Å². The van der Waals surface area contributed by atoms with Crippen molar-refractivity contribution in [3.63, 3.8) is 0 Å². The first-order valence-electron chi connectivity index (χ1n) is 9.60. The zero-order valence-electron chi connectivity index (χ0n) is 16.7. The second-order valence-electron chi connectivity index (χ2n) is 7.37. The number of nitrogens with zero attached hydrogens (tertiary/aromatic N) is 3. The van der Waals surface area contributed by atoms with E-state index in [1.807, 2.05) is 19.1 Å². The zero-order chi connectivity index (χ0) is 19.7. The first-order valence-corrected chi connectivity index (χ1v) is 9.60. The van der Waals surface area contributed by atoms with Crippen molar-refractivity contribution in [3.05, 3.63) is 76.6 Å². The SMILES string of the molecule is CC1=C(Cc2ccccc2)C(C)N=C(Nc2nc(C)c3cc(C)ccc3n2)N1. The van der Waals surface area contributed by atoms with E-state index >= 15 is 0 Å². The van der Waals surface area contributed by atoms with Crippen molar-refractivity contribution in [2.75, 3.05) is 5.32 Å². The maximum atomic E-state index is 4.79. The highest BCUT2D eigenvalue weighted by atomic mass is 15.3. The van der Waals surface area contributed by atoms with Crippen LogP contribution in [0.15, 0.2) is 64.8 Å². The van der Waals surface area contributed by atoms with Gasteiger partial charge >= 0.3 is 0 Å². The normalized spacial score (nSPS) is 16.7. The van der Waals surface area contributed by atoms with Crippen molar-refractivity contribution in [2.24, 2.45) is 4.99 Å². The van der Waals surface area contributed by atoms with Gasteiger partial charge in [0.2, 0.25) is 11.9 Å². The Bertz CT molecular complexity index is 1080. The lowest BCUT2D eigenvalue weighted by Crippen LogP contribution is -2.37. The molecule has 0 amide bonds. The number of rotatable bonds is 3. The molecular weight excluding hydrogens is 346 g/mol. The fourth-order valence-corrected chi connectivity index (χ4v) is 3.59. The standard InChI is InChI=1S/C23H25N5/c1-14-10-11-21-20(12-14)17(4)26-23(27-21)28-22-24-15(2)19(16(3)25-22)13-18-8-6-5-7-9-18/h5-12,15H,13H2,1-4H3,(H2,24,25,26,27,28). The molecule has 5 heteroatoms. The summed E-state index contributed by atoms with van der Waals surface area (Å²) in [6.45, 7) is 8.31. The van der Waals surface area contributed by atoms with Crippen LogP contribution in [0, 0.1) is 13.8 Å². The molecule has 1 atom stereocenters. The lowest BCUT2D eigenvalue weighted by atomic mass is 9.97. The van der Waals surface area contributed by atoms with Crippen molar-refractivity contribution >= 4 is 22.8 Å². The zero-order valence-corrected chi connectivity index (χ0v) is 16.7. The van der Waals surface area contributed by atoms with Crippen LogP contribution in [-0.2, 0) is 6.42 Å². The van der Waals surface area contributed by atoms with Crippen LogP contribution < -0.4 is 10.6 Å². The van der Waals surface area contributed by atoms with Gasteiger partial charge in [0, 0.05) is 11.1 Å². The van der Waals surface area contributed by atoms with E-state index in [-0.39, 0.29) is 6.04 Å². The maximum absolute atomic E-state index is 4.79. The number of anilines is 1. The predicted molar refractivity (Wildman–Crippen MR) is 116 cm³/mol. The topological polar surface area (TPSA) is 62.2 Å². The van der Waals surface area contributed by atoms with E-state index in [4.69, 9.17) is 4.99 Å². The van der Waals surface area contributed by atoms with Gasteiger partial charge < -0.3 is 5.32 Å². The molecule has 1 unspecified atom stereocenters. The van der Waals surface area contributed by atoms with Crippen LogP contribution in [0.5, 0.6) is 0 Å². The number of aliphatic imine (C=N–C) groups is 1. The molecule has 0 saturated carbocycles. The summed E-state index contributed by atoms with van der Waals surface area (Å²) in [5, 5.41) is 7.72. The molecule has 0 bridgehead atoms. The molecule has 3 aromatic rings. The molecule has 0 saturated heterocycles. The number of fused-ring (bicyclic) bond motifs is 1. The summed E-state index contributed by atoms with van der Waals surface area (Å²) < 4.78 is 0. The molecule has 142 valence electrons. The van der Waals surface area contributed by atoms with Crippen molar-refractivity contribution < 1.29 is 0 Å². The number of aromatic nitrogens is 2. The first kappa shape index (κ1) is 18.2. The van der Waals surface area contributed by atoms with Gasteiger partial charge in [-0.05, 0) is 57.4 Å². The first-order chi connectivity index (χ1) is 13.5. The van der Waals surface area contributed by atoms with Crippen LogP contribution in [0.3, 0.4) is 0 Å². The second kappa shape index (κ2) is 7.43. The van der Waals surface area contributed by atoms with Gasteiger partial charge in [0.15, 0.2) is 0 Å². The van der Waals surface area contributed by atoms with Crippen LogP contribution in [0.1, 0.15) is 30.7 Å². The Morgan fingerprint density at radius 1 is 1.00 bits per heavy atom. The van der Waals surface area contributed by atoms with E-state index < -0.39 is 0 Å². The number of aryl methyl sites for hydroxylation is 2. The summed E-state index contributed by atoms with van der Waals surface area (Å²) in [5.41, 5.74) is 6.81. The summed E-state index contributed by atoms with van der Waals surface area (Å²) in [6, 6.07) is 16.8. The maximum Gasteiger partial charge on any atom is 0.230 e. The smallest absolute Gasteiger partial charge is 0.230 e. The number of allylic oxidation sites excluding steroid dienone is 1. The third-order valence-corrected chi connectivity index (χ3v) is 5.12. The number of guanidine groups is 1. The molecule has 0 aliphatic carbocycles. The highest BCUT2D eigenvalue weighted by Crippen LogP contribution is 2.22. The average molecular weight is 371 g/mol. The van der Waals surface area contributed by atoms with E-state index in [2.05, 4.69) is 77.8 Å². The monoisotopic (exact) mass is 371 g/mol. The number of benzene rings is 2. The molecule has 0 radical (unpaired) electrons. The molecule has 1 aliphatic rings. The molecule has 2 heterocycles. The molecule has 1 aliphatic heterocycles. The summed E-state index contributed by atoms with van der Waals surface area (Å²) in [4.78, 5) is 14.0. The molecule has 0 fully saturated rings. The number of hydrogen-bond acceptors (Lipinski definition) is 5. The minimum atomic E-state index is 0.0909. The van der Waals surface area contributed by atoms with Crippen LogP contribution in [0.25, 0.3) is 10.9 Å². The number of nitrogens with one attached hydrogen (secondary N) is 2. The average Bonchev–Trinajstić information content (AvgIpc) is 2.66. The highest BCUT2D eigenvalue weighted by Gasteiger charge is 2.19. The lowest BCUT2D eigenvalue weighted by Gasteiger charge is -2.25. The fraction of sp³-hybridized carbons (Fsp3) is 0.261. The molecule has 28 heavy (non-hydrogen) atoms. The van der Waals surface area contributed by atoms with Crippen molar-refractivity contribution in [3.8, 4) is 0 Å². The minimum absolute atomic E-state index is 0.0909. The van der Waals surface area contributed by atoms with E-state index in [9.17, 15) is 0 Å². The van der Waals surface area contributed by atoms with Gasteiger partial charge in [-0.1, -0.05) is 42.0 Å². The molecule has 1 aromatic heterocycles. The number of hydrogen-bond donors (Lipinski definition) is 2. The van der Waals surface area contributed by atoms with Crippen molar-refractivity contribution in [1.82, 2.24) is 15.3 Å². The van der Waals surface area contributed by atoms with Crippen molar-refractivity contribution in [2.45, 2.75) is 40.2 Å². The van der Waals surface area contributed by atoms with Gasteiger partial charge in [0.25, 0.3) is 0 Å². The van der Waals surface area contributed by atoms with E-state index in [1.54, 1.807) is 0 Å². The quantitative estimate of drug-likeness (QED) is 0.710. The van der Waals surface area contributed by atoms with E-state index in [1.165, 1.54) is 16.7 Å². The molecular formula is C23H25N5. The molecule has 2 N–H and O–H groups in total. The Morgan fingerprint density at radius 2 is 1.79 bits per heavy atom. The Balaban J connectivity index is 1.54. The largest absolute Gasteiger partial charge is 0.330 e. The van der Waals surface area contributed by atoms with Gasteiger partial charge in [-0.2, -0.15) is 0 Å². The molecule has 5 nitrogen and oxygen atoms in total. The molecule has 4 rings (SSSR count). The van der Waals surface area contributed by atoms with Crippen LogP contribution in [0.4, 0.5) is 5.95 Å². The third-order valence-electron chi connectivity index (χ3n) is 5.12. The lowest BCUT2D eigenvalue weighted by molar-refractivity contribution is 0.763. The van der Waals surface area contributed by atoms with Crippen LogP contribution in [0.2, 0.25) is 0 Å². The molecule has 0 spiro atoms. The Kier molecular flexibility index (Phi) is 4.82. The fourth-order valence-electron chi connectivity index (χ4n) is 3.59. The summed E-state index contributed by atoms with van der Waals surface area (Å²) in [5.74, 6) is 1.25. The summed E-state index contributed by atoms with van der Waals surface area (Å²) in [6.07, 6.45) is 0.891. The van der Waals surface area contributed by atoms with Gasteiger partial charge in [-0.25, -0.2) is 15.0 Å². The summed E-state index contributed by atoms with van der Waals surface area (Å²) >= 11 is 0. The van der Waals surface area contributed by atoms with Gasteiger partial charge in [0.05, 0.1) is 17.3 Å². The minimum Gasteiger partial charge on any atom is -0.330 e.